The Morgan fingerprint density at radius 2 is 2.33 bits per heavy atom. The van der Waals surface area contributed by atoms with Crippen LogP contribution in [0.4, 0.5) is 10.5 Å². The highest BCUT2D eigenvalue weighted by atomic mass is 16.5. The van der Waals surface area contributed by atoms with Gasteiger partial charge in [-0.25, -0.2) is 4.79 Å². The van der Waals surface area contributed by atoms with Gasteiger partial charge in [0.15, 0.2) is 0 Å². The molecule has 1 fully saturated rings. The first-order valence-corrected chi connectivity index (χ1v) is 5.99. The number of carbonyl (C=O) groups excluding carboxylic acids is 1. The monoisotopic (exact) mass is 250 g/mol. The number of benzene rings is 1. The van der Waals surface area contributed by atoms with Crippen molar-refractivity contribution in [3.63, 3.8) is 0 Å². The third-order valence-corrected chi connectivity index (χ3v) is 3.13. The van der Waals surface area contributed by atoms with E-state index in [2.05, 4.69) is 5.32 Å². The molecule has 5 heteroatoms. The number of β-amino-alcohol motifs (C(OH)–C–C–N with tert-alkyl or cyclic N) is 1. The quantitative estimate of drug-likeness (QED) is 0.838. The smallest absolute Gasteiger partial charge is 0.321 e. The number of hydrogen-bond donors (Lipinski definition) is 2. The van der Waals surface area contributed by atoms with Gasteiger partial charge in [-0.1, -0.05) is 0 Å². The number of likely N-dealkylation sites (tertiary alicyclic amines) is 1. The van der Waals surface area contributed by atoms with E-state index in [0.29, 0.717) is 19.5 Å². The number of amides is 2. The van der Waals surface area contributed by atoms with E-state index in [1.54, 1.807) is 18.1 Å². The number of ether oxygens (including phenoxy) is 1. The first kappa shape index (κ1) is 12.7. The van der Waals surface area contributed by atoms with Crippen molar-refractivity contribution >= 4 is 11.7 Å². The Kier molecular flexibility index (Phi) is 3.72. The minimum absolute atomic E-state index is 0.167. The van der Waals surface area contributed by atoms with Crippen LogP contribution in [0.5, 0.6) is 5.75 Å². The lowest BCUT2D eigenvalue weighted by Crippen LogP contribution is -2.33. The van der Waals surface area contributed by atoms with E-state index >= 15 is 0 Å². The van der Waals surface area contributed by atoms with Crippen LogP contribution in [0.3, 0.4) is 0 Å². The fourth-order valence-electron chi connectivity index (χ4n) is 2.02. The largest absolute Gasteiger partial charge is 0.497 e. The van der Waals surface area contributed by atoms with Gasteiger partial charge in [0.2, 0.25) is 0 Å². The Labute approximate surface area is 106 Å². The molecule has 18 heavy (non-hydrogen) atoms. The molecule has 1 aliphatic rings. The van der Waals surface area contributed by atoms with Crippen molar-refractivity contribution in [2.75, 3.05) is 25.5 Å². The van der Waals surface area contributed by atoms with Gasteiger partial charge < -0.3 is 20.1 Å². The highest BCUT2D eigenvalue weighted by Gasteiger charge is 2.24. The molecule has 1 aliphatic heterocycles. The van der Waals surface area contributed by atoms with Crippen LogP contribution in [0.2, 0.25) is 0 Å². The molecule has 5 nitrogen and oxygen atoms in total. The maximum atomic E-state index is 11.9. The van der Waals surface area contributed by atoms with Crippen LogP contribution < -0.4 is 10.1 Å². The maximum absolute atomic E-state index is 11.9. The zero-order valence-corrected chi connectivity index (χ0v) is 10.6. The Morgan fingerprint density at radius 3 is 2.89 bits per heavy atom. The van der Waals surface area contributed by atoms with Gasteiger partial charge in [-0.3, -0.25) is 0 Å². The van der Waals surface area contributed by atoms with E-state index < -0.39 is 6.10 Å². The molecular formula is C13H18N2O3. The molecule has 1 aromatic carbocycles. The summed E-state index contributed by atoms with van der Waals surface area (Å²) < 4.78 is 5.11. The minimum atomic E-state index is -0.396. The summed E-state index contributed by atoms with van der Waals surface area (Å²) in [7, 11) is 1.61. The number of methoxy groups -OCH3 is 1. The van der Waals surface area contributed by atoms with Crippen LogP contribution in [0.15, 0.2) is 18.2 Å². The lowest BCUT2D eigenvalue weighted by Gasteiger charge is -2.17. The lowest BCUT2D eigenvalue weighted by atomic mass is 10.2. The molecule has 1 heterocycles. The van der Waals surface area contributed by atoms with E-state index in [9.17, 15) is 9.90 Å². The molecule has 1 saturated heterocycles. The standard InChI is InChI=1S/C13H18N2O3/c1-9-7-11(18-2)3-4-12(9)14-13(17)15-6-5-10(16)8-15/h3-4,7,10,16H,5-6,8H2,1-2H3,(H,14,17)/t10-/m1/s1. The number of rotatable bonds is 2. The van der Waals surface area contributed by atoms with Gasteiger partial charge in [0.25, 0.3) is 0 Å². The van der Waals surface area contributed by atoms with Gasteiger partial charge in [-0.05, 0) is 37.1 Å². The number of aryl methyl sites for hydroxylation is 1. The third-order valence-electron chi connectivity index (χ3n) is 3.13. The molecule has 2 N–H and O–H groups in total. The summed E-state index contributed by atoms with van der Waals surface area (Å²) in [6.07, 6.45) is 0.252. The fraction of sp³-hybridized carbons (Fsp3) is 0.462. The fourth-order valence-corrected chi connectivity index (χ4v) is 2.02. The van der Waals surface area contributed by atoms with Gasteiger partial charge >= 0.3 is 6.03 Å². The van der Waals surface area contributed by atoms with Crippen LogP contribution in [0.25, 0.3) is 0 Å². The second-order valence-corrected chi connectivity index (χ2v) is 4.50. The minimum Gasteiger partial charge on any atom is -0.497 e. The summed E-state index contributed by atoms with van der Waals surface area (Å²) in [5, 5.41) is 12.2. The normalized spacial score (nSPS) is 18.8. The first-order chi connectivity index (χ1) is 8.60. The zero-order valence-electron chi connectivity index (χ0n) is 10.6. The van der Waals surface area contributed by atoms with Crippen molar-refractivity contribution in [1.82, 2.24) is 4.90 Å². The molecule has 1 atom stereocenters. The molecule has 0 aromatic heterocycles. The molecule has 1 aromatic rings. The number of nitrogens with zero attached hydrogens (tertiary/aromatic N) is 1. The van der Waals surface area contributed by atoms with Crippen LogP contribution in [-0.4, -0.2) is 42.3 Å². The van der Waals surface area contributed by atoms with Crippen molar-refractivity contribution in [1.29, 1.82) is 0 Å². The van der Waals surface area contributed by atoms with Crippen molar-refractivity contribution in [3.05, 3.63) is 23.8 Å². The summed E-state index contributed by atoms with van der Waals surface area (Å²) in [6, 6.07) is 5.33. The second kappa shape index (κ2) is 5.27. The first-order valence-electron chi connectivity index (χ1n) is 5.99. The van der Waals surface area contributed by atoms with Gasteiger partial charge in [-0.2, -0.15) is 0 Å². The van der Waals surface area contributed by atoms with Gasteiger partial charge in [-0.15, -0.1) is 0 Å². The molecule has 2 amide bonds. The highest BCUT2D eigenvalue weighted by Crippen LogP contribution is 2.21. The SMILES string of the molecule is COc1ccc(NC(=O)N2CC[C@@H](O)C2)c(C)c1. The number of aliphatic hydroxyl groups is 1. The van der Waals surface area contributed by atoms with Gasteiger partial charge in [0, 0.05) is 18.8 Å². The van der Waals surface area contributed by atoms with Crippen molar-refractivity contribution in [3.8, 4) is 5.75 Å². The zero-order chi connectivity index (χ0) is 13.1. The molecule has 0 aliphatic carbocycles. The number of carbonyl (C=O) groups is 1. The predicted molar refractivity (Wildman–Crippen MR) is 68.9 cm³/mol. The number of urea groups is 1. The van der Waals surface area contributed by atoms with Crippen LogP contribution in [-0.2, 0) is 0 Å². The average Bonchev–Trinajstić information content (AvgIpc) is 2.78. The van der Waals surface area contributed by atoms with Crippen molar-refractivity contribution < 1.29 is 14.6 Å². The Balaban J connectivity index is 2.03. The summed E-state index contributed by atoms with van der Waals surface area (Å²) in [5.74, 6) is 0.766. The predicted octanol–water partition coefficient (Wildman–Crippen LogP) is 1.60. The van der Waals surface area contributed by atoms with Crippen LogP contribution in [0.1, 0.15) is 12.0 Å². The van der Waals surface area contributed by atoms with Crippen LogP contribution >= 0.6 is 0 Å². The Hall–Kier alpha value is -1.75. The number of nitrogens with one attached hydrogen (secondary N) is 1. The topological polar surface area (TPSA) is 61.8 Å². The van der Waals surface area contributed by atoms with E-state index in [-0.39, 0.29) is 6.03 Å². The Morgan fingerprint density at radius 1 is 1.56 bits per heavy atom. The average molecular weight is 250 g/mol. The summed E-state index contributed by atoms with van der Waals surface area (Å²) in [4.78, 5) is 13.6. The van der Waals surface area contributed by atoms with Crippen LogP contribution in [0, 0.1) is 6.92 Å². The number of aliphatic hydroxyl groups excluding tert-OH is 1. The van der Waals surface area contributed by atoms with Crippen molar-refractivity contribution in [2.45, 2.75) is 19.4 Å². The summed E-state index contributed by atoms with van der Waals surface area (Å²) in [5.41, 5.74) is 1.71. The summed E-state index contributed by atoms with van der Waals surface area (Å²) >= 11 is 0. The summed E-state index contributed by atoms with van der Waals surface area (Å²) in [6.45, 7) is 2.92. The molecule has 0 saturated carbocycles. The molecule has 98 valence electrons. The Bertz CT molecular complexity index is 448. The van der Waals surface area contributed by atoms with E-state index in [4.69, 9.17) is 4.74 Å². The third kappa shape index (κ3) is 2.73. The lowest BCUT2D eigenvalue weighted by molar-refractivity contribution is 0.176. The molecule has 0 spiro atoms. The highest BCUT2D eigenvalue weighted by molar-refractivity contribution is 5.90. The maximum Gasteiger partial charge on any atom is 0.321 e. The van der Waals surface area contributed by atoms with Crippen molar-refractivity contribution in [2.24, 2.45) is 0 Å². The van der Waals surface area contributed by atoms with E-state index in [1.807, 2.05) is 19.1 Å². The molecule has 2 rings (SSSR count). The molecule has 0 radical (unpaired) electrons. The molecule has 0 bridgehead atoms. The second-order valence-electron chi connectivity index (χ2n) is 4.50. The molecule has 0 unspecified atom stereocenters. The van der Waals surface area contributed by atoms with E-state index in [0.717, 1.165) is 17.0 Å². The number of hydrogen-bond acceptors (Lipinski definition) is 3. The number of anilines is 1. The molecular weight excluding hydrogens is 232 g/mol. The van der Waals surface area contributed by atoms with Gasteiger partial charge in [0.1, 0.15) is 5.75 Å². The van der Waals surface area contributed by atoms with Gasteiger partial charge in [0.05, 0.1) is 13.2 Å². The van der Waals surface area contributed by atoms with E-state index in [1.165, 1.54) is 0 Å².